The molecule has 0 bridgehead atoms. The highest BCUT2D eigenvalue weighted by atomic mass is 15.3. The summed E-state index contributed by atoms with van der Waals surface area (Å²) in [6, 6.07) is 0.549. The largest absolute Gasteiger partial charge is 0.353 e. The molecule has 4 heteroatoms. The number of rotatable bonds is 3. The highest BCUT2D eigenvalue weighted by Crippen LogP contribution is 2.23. The minimum Gasteiger partial charge on any atom is -0.353 e. The van der Waals surface area contributed by atoms with Gasteiger partial charge in [-0.15, -0.1) is 0 Å². The van der Waals surface area contributed by atoms with Gasteiger partial charge in [0.25, 0.3) is 0 Å². The van der Waals surface area contributed by atoms with Crippen LogP contribution in [-0.4, -0.2) is 18.5 Å². The van der Waals surface area contributed by atoms with Crippen LogP contribution in [0.4, 0.5) is 0 Å². The van der Waals surface area contributed by atoms with E-state index in [4.69, 9.17) is 5.84 Å². The molecule has 0 aliphatic heterocycles. The van der Waals surface area contributed by atoms with Crippen molar-refractivity contribution >= 4 is 5.96 Å². The Kier molecular flexibility index (Phi) is 5.47. The van der Waals surface area contributed by atoms with Gasteiger partial charge < -0.3 is 5.32 Å². The molecule has 0 aromatic heterocycles. The van der Waals surface area contributed by atoms with Gasteiger partial charge in [0.15, 0.2) is 0 Å². The molecule has 0 aromatic rings. The number of hydrazine groups is 1. The first kappa shape index (κ1) is 12.3. The van der Waals surface area contributed by atoms with Gasteiger partial charge in [-0.25, -0.2) is 5.84 Å². The van der Waals surface area contributed by atoms with E-state index < -0.39 is 0 Å². The second-order valence-corrected chi connectivity index (χ2v) is 4.48. The summed E-state index contributed by atoms with van der Waals surface area (Å²) in [4.78, 5) is 4.34. The van der Waals surface area contributed by atoms with Crippen LogP contribution in [0.15, 0.2) is 4.99 Å². The van der Waals surface area contributed by atoms with Crippen LogP contribution < -0.4 is 16.6 Å². The summed E-state index contributed by atoms with van der Waals surface area (Å²) in [7, 11) is 0. The van der Waals surface area contributed by atoms with Crippen LogP contribution in [-0.2, 0) is 0 Å². The van der Waals surface area contributed by atoms with Gasteiger partial charge in [-0.1, -0.05) is 13.8 Å². The normalized spacial score (nSPS) is 27.5. The fraction of sp³-hybridized carbons (Fsp3) is 0.909. The van der Waals surface area contributed by atoms with Crippen molar-refractivity contribution in [1.82, 2.24) is 10.7 Å². The smallest absolute Gasteiger partial charge is 0.205 e. The van der Waals surface area contributed by atoms with E-state index >= 15 is 0 Å². The van der Waals surface area contributed by atoms with E-state index in [0.29, 0.717) is 6.04 Å². The second-order valence-electron chi connectivity index (χ2n) is 4.48. The molecule has 0 saturated heterocycles. The van der Waals surface area contributed by atoms with Crippen LogP contribution in [0.2, 0.25) is 0 Å². The lowest BCUT2D eigenvalue weighted by Crippen LogP contribution is -2.47. The number of nitrogens with two attached hydrogens (primary N) is 1. The Hall–Kier alpha value is -0.770. The Morgan fingerprint density at radius 2 is 2.00 bits per heavy atom. The average molecular weight is 212 g/mol. The zero-order valence-electron chi connectivity index (χ0n) is 9.92. The third kappa shape index (κ3) is 4.51. The Morgan fingerprint density at radius 1 is 1.33 bits per heavy atom. The number of nitrogens with one attached hydrogen (secondary N) is 2. The minimum atomic E-state index is 0.549. The molecule has 1 rings (SSSR count). The van der Waals surface area contributed by atoms with Crippen molar-refractivity contribution in [3.8, 4) is 0 Å². The van der Waals surface area contributed by atoms with Crippen molar-refractivity contribution in [2.45, 2.75) is 52.0 Å². The predicted molar refractivity (Wildman–Crippen MR) is 64.5 cm³/mol. The van der Waals surface area contributed by atoms with E-state index in [2.05, 4.69) is 29.6 Å². The summed E-state index contributed by atoms with van der Waals surface area (Å²) in [5.74, 6) is 7.04. The third-order valence-corrected chi connectivity index (χ3v) is 2.99. The van der Waals surface area contributed by atoms with Crippen molar-refractivity contribution in [1.29, 1.82) is 0 Å². The molecule has 4 N–H and O–H groups in total. The fourth-order valence-electron chi connectivity index (χ4n) is 1.95. The molecule has 88 valence electrons. The molecule has 1 aliphatic rings. The Balaban J connectivity index is 2.32. The van der Waals surface area contributed by atoms with Crippen molar-refractivity contribution in [3.05, 3.63) is 0 Å². The predicted octanol–water partition coefficient (Wildman–Crippen LogP) is 1.38. The number of hydrogen-bond donors (Lipinski definition) is 3. The quantitative estimate of drug-likeness (QED) is 0.287. The lowest BCUT2D eigenvalue weighted by molar-refractivity contribution is 0.329. The highest BCUT2D eigenvalue weighted by molar-refractivity contribution is 5.79. The van der Waals surface area contributed by atoms with E-state index in [0.717, 1.165) is 24.8 Å². The zero-order valence-corrected chi connectivity index (χ0v) is 9.92. The molecule has 4 nitrogen and oxygen atoms in total. The molecule has 1 aliphatic carbocycles. The Labute approximate surface area is 92.7 Å². The standard InChI is InChI=1S/C11H24N4/c1-3-8-13-11(15-12)14-10-6-4-9(2)5-7-10/h9-10H,3-8,12H2,1-2H3,(H2,13,14,15). The van der Waals surface area contributed by atoms with Gasteiger partial charge in [0, 0.05) is 12.6 Å². The van der Waals surface area contributed by atoms with E-state index in [9.17, 15) is 0 Å². The van der Waals surface area contributed by atoms with E-state index in [-0.39, 0.29) is 0 Å². The first-order valence-corrected chi connectivity index (χ1v) is 6.03. The van der Waals surface area contributed by atoms with E-state index in [1.807, 2.05) is 0 Å². The maximum atomic E-state index is 5.41. The molecule has 15 heavy (non-hydrogen) atoms. The molecular formula is C11H24N4. The number of guanidine groups is 1. The molecule has 0 aromatic carbocycles. The Bertz CT molecular complexity index is 195. The first-order chi connectivity index (χ1) is 7.26. The van der Waals surface area contributed by atoms with Crippen molar-refractivity contribution in [2.24, 2.45) is 16.8 Å². The molecule has 0 heterocycles. The molecule has 1 fully saturated rings. The number of hydrogen-bond acceptors (Lipinski definition) is 2. The maximum Gasteiger partial charge on any atom is 0.205 e. The fourth-order valence-corrected chi connectivity index (χ4v) is 1.95. The molecule has 0 radical (unpaired) electrons. The lowest BCUT2D eigenvalue weighted by Gasteiger charge is -2.27. The van der Waals surface area contributed by atoms with Gasteiger partial charge >= 0.3 is 0 Å². The van der Waals surface area contributed by atoms with Crippen LogP contribution in [0.25, 0.3) is 0 Å². The van der Waals surface area contributed by atoms with Gasteiger partial charge in [-0.2, -0.15) is 0 Å². The number of nitrogens with zero attached hydrogens (tertiary/aromatic N) is 1. The molecule has 0 amide bonds. The summed E-state index contributed by atoms with van der Waals surface area (Å²) in [6.45, 7) is 5.26. The van der Waals surface area contributed by atoms with Crippen molar-refractivity contribution in [2.75, 3.05) is 6.54 Å². The van der Waals surface area contributed by atoms with Gasteiger partial charge in [-0.3, -0.25) is 10.4 Å². The van der Waals surface area contributed by atoms with E-state index in [1.54, 1.807) is 0 Å². The van der Waals surface area contributed by atoms with E-state index in [1.165, 1.54) is 25.7 Å². The van der Waals surface area contributed by atoms with Gasteiger partial charge in [-0.05, 0) is 38.0 Å². The molecule has 0 atom stereocenters. The number of aliphatic imine (C=N–C) groups is 1. The zero-order chi connectivity index (χ0) is 11.1. The summed E-state index contributed by atoms with van der Waals surface area (Å²) in [6.07, 6.45) is 6.13. The van der Waals surface area contributed by atoms with Crippen molar-refractivity contribution in [3.63, 3.8) is 0 Å². The topological polar surface area (TPSA) is 62.4 Å². The highest BCUT2D eigenvalue weighted by Gasteiger charge is 2.18. The van der Waals surface area contributed by atoms with Crippen LogP contribution in [0.1, 0.15) is 46.0 Å². The summed E-state index contributed by atoms with van der Waals surface area (Å²) >= 11 is 0. The third-order valence-electron chi connectivity index (χ3n) is 2.99. The average Bonchev–Trinajstić information content (AvgIpc) is 2.27. The SMILES string of the molecule is CCCN=C(NN)NC1CCC(C)CC1. The molecule has 1 saturated carbocycles. The lowest BCUT2D eigenvalue weighted by atomic mass is 9.87. The van der Waals surface area contributed by atoms with Crippen LogP contribution >= 0.6 is 0 Å². The maximum absolute atomic E-state index is 5.41. The van der Waals surface area contributed by atoms with Crippen LogP contribution in [0.5, 0.6) is 0 Å². The second kappa shape index (κ2) is 6.67. The summed E-state index contributed by atoms with van der Waals surface area (Å²) in [5, 5.41) is 3.37. The molecular weight excluding hydrogens is 188 g/mol. The van der Waals surface area contributed by atoms with Crippen LogP contribution in [0, 0.1) is 5.92 Å². The Morgan fingerprint density at radius 3 is 2.53 bits per heavy atom. The minimum absolute atomic E-state index is 0.549. The van der Waals surface area contributed by atoms with Crippen molar-refractivity contribution < 1.29 is 0 Å². The van der Waals surface area contributed by atoms with Gasteiger partial charge in [0.1, 0.15) is 0 Å². The van der Waals surface area contributed by atoms with Gasteiger partial charge in [0.05, 0.1) is 0 Å². The monoisotopic (exact) mass is 212 g/mol. The van der Waals surface area contributed by atoms with Crippen LogP contribution in [0.3, 0.4) is 0 Å². The first-order valence-electron chi connectivity index (χ1n) is 6.03. The molecule has 0 spiro atoms. The molecule has 0 unspecified atom stereocenters. The van der Waals surface area contributed by atoms with Gasteiger partial charge in [0.2, 0.25) is 5.96 Å². The summed E-state index contributed by atoms with van der Waals surface area (Å²) < 4.78 is 0. The summed E-state index contributed by atoms with van der Waals surface area (Å²) in [5.41, 5.74) is 2.63.